The van der Waals surface area contributed by atoms with E-state index in [2.05, 4.69) is 5.32 Å². The summed E-state index contributed by atoms with van der Waals surface area (Å²) in [5.74, 6) is -0.641. The molecule has 1 unspecified atom stereocenters. The molecular weight excluding hydrogens is 346 g/mol. The van der Waals surface area contributed by atoms with Crippen molar-refractivity contribution in [2.24, 2.45) is 11.8 Å². The third kappa shape index (κ3) is 4.26. The third-order valence-electron chi connectivity index (χ3n) is 6.17. The molecule has 1 amide bonds. The van der Waals surface area contributed by atoms with E-state index < -0.39 is 17.3 Å². The van der Waals surface area contributed by atoms with E-state index in [-0.39, 0.29) is 18.4 Å². The minimum Gasteiger partial charge on any atom is -0.497 e. The number of aliphatic carboxylic acids is 1. The highest BCUT2D eigenvalue weighted by Crippen LogP contribution is 2.42. The SMILES string of the molecule is COc1ccc(C2(C(=O)NCC(C(=O)O)C3CCOCC3)CCCC2)cc1. The lowest BCUT2D eigenvalue weighted by Crippen LogP contribution is -2.46. The van der Waals surface area contributed by atoms with E-state index in [0.29, 0.717) is 13.2 Å². The average Bonchev–Trinajstić information content (AvgIpc) is 3.20. The summed E-state index contributed by atoms with van der Waals surface area (Å²) < 4.78 is 10.6. The molecule has 0 spiro atoms. The number of benzene rings is 1. The fourth-order valence-electron chi connectivity index (χ4n) is 4.48. The number of rotatable bonds is 7. The molecule has 27 heavy (non-hydrogen) atoms. The lowest BCUT2D eigenvalue weighted by atomic mass is 9.77. The quantitative estimate of drug-likeness (QED) is 0.765. The van der Waals surface area contributed by atoms with Crippen molar-refractivity contribution in [2.45, 2.75) is 43.9 Å². The number of carboxylic acids is 1. The first kappa shape index (κ1) is 19.7. The second-order valence-corrected chi connectivity index (χ2v) is 7.62. The molecule has 1 saturated heterocycles. The molecule has 1 aliphatic carbocycles. The van der Waals surface area contributed by atoms with Gasteiger partial charge in [-0.2, -0.15) is 0 Å². The van der Waals surface area contributed by atoms with Crippen LogP contribution in [0.4, 0.5) is 0 Å². The Bertz CT molecular complexity index is 645. The summed E-state index contributed by atoms with van der Waals surface area (Å²) in [4.78, 5) is 24.9. The van der Waals surface area contributed by atoms with Gasteiger partial charge in [-0.15, -0.1) is 0 Å². The summed E-state index contributed by atoms with van der Waals surface area (Å²) in [5.41, 5.74) is 0.418. The summed E-state index contributed by atoms with van der Waals surface area (Å²) in [6.07, 6.45) is 5.05. The summed E-state index contributed by atoms with van der Waals surface area (Å²) in [5, 5.41) is 12.6. The number of methoxy groups -OCH3 is 1. The molecule has 2 aliphatic rings. The fourth-order valence-corrected chi connectivity index (χ4v) is 4.48. The Morgan fingerprint density at radius 2 is 1.85 bits per heavy atom. The Morgan fingerprint density at radius 3 is 2.41 bits per heavy atom. The molecule has 2 fully saturated rings. The first-order chi connectivity index (χ1) is 13.1. The Labute approximate surface area is 160 Å². The van der Waals surface area contributed by atoms with Gasteiger partial charge in [-0.05, 0) is 49.3 Å². The molecule has 0 bridgehead atoms. The van der Waals surface area contributed by atoms with Crippen molar-refractivity contribution in [3.05, 3.63) is 29.8 Å². The molecule has 1 saturated carbocycles. The van der Waals surface area contributed by atoms with Gasteiger partial charge < -0.3 is 19.9 Å². The standard InChI is InChI=1S/C21H29NO5/c1-26-17-6-4-16(5-7-17)21(10-2-3-11-21)20(25)22-14-18(19(23)24)15-8-12-27-13-9-15/h4-7,15,18H,2-3,8-14H2,1H3,(H,22,25)(H,23,24). The lowest BCUT2D eigenvalue weighted by molar-refractivity contribution is -0.145. The van der Waals surface area contributed by atoms with Gasteiger partial charge >= 0.3 is 5.97 Å². The Kier molecular flexibility index (Phi) is 6.37. The van der Waals surface area contributed by atoms with Crippen molar-refractivity contribution in [3.63, 3.8) is 0 Å². The van der Waals surface area contributed by atoms with Crippen molar-refractivity contribution >= 4 is 11.9 Å². The molecule has 1 aliphatic heterocycles. The summed E-state index contributed by atoms with van der Waals surface area (Å²) >= 11 is 0. The maximum atomic E-state index is 13.2. The minimum atomic E-state index is -0.841. The number of hydrogen-bond donors (Lipinski definition) is 2. The summed E-state index contributed by atoms with van der Waals surface area (Å²) in [6.45, 7) is 1.37. The van der Waals surface area contributed by atoms with Gasteiger partial charge in [-0.3, -0.25) is 9.59 Å². The molecule has 2 N–H and O–H groups in total. The van der Waals surface area contributed by atoms with Crippen molar-refractivity contribution in [3.8, 4) is 5.75 Å². The summed E-state index contributed by atoms with van der Waals surface area (Å²) in [7, 11) is 1.62. The van der Waals surface area contributed by atoms with Crippen LogP contribution < -0.4 is 10.1 Å². The number of carboxylic acid groups (broad SMARTS) is 1. The second kappa shape index (κ2) is 8.74. The molecule has 1 aromatic carbocycles. The van der Waals surface area contributed by atoms with Crippen LogP contribution in [0.1, 0.15) is 44.1 Å². The molecule has 6 heteroatoms. The highest BCUT2D eigenvalue weighted by Gasteiger charge is 2.43. The molecule has 6 nitrogen and oxygen atoms in total. The van der Waals surface area contributed by atoms with E-state index in [0.717, 1.165) is 49.8 Å². The first-order valence-corrected chi connectivity index (χ1v) is 9.80. The van der Waals surface area contributed by atoms with Crippen LogP contribution in [-0.2, 0) is 19.7 Å². The van der Waals surface area contributed by atoms with Crippen LogP contribution in [0.5, 0.6) is 5.75 Å². The van der Waals surface area contributed by atoms with E-state index in [1.807, 2.05) is 24.3 Å². The van der Waals surface area contributed by atoms with Crippen LogP contribution in [0.25, 0.3) is 0 Å². The number of ether oxygens (including phenoxy) is 2. The number of carbonyl (C=O) groups excluding carboxylic acids is 1. The van der Waals surface area contributed by atoms with Crippen LogP contribution >= 0.6 is 0 Å². The smallest absolute Gasteiger partial charge is 0.308 e. The van der Waals surface area contributed by atoms with Crippen molar-refractivity contribution in [1.29, 1.82) is 0 Å². The average molecular weight is 375 g/mol. The maximum Gasteiger partial charge on any atom is 0.308 e. The Morgan fingerprint density at radius 1 is 1.22 bits per heavy atom. The zero-order chi connectivity index (χ0) is 19.3. The largest absolute Gasteiger partial charge is 0.497 e. The van der Waals surface area contributed by atoms with Crippen LogP contribution in [0.2, 0.25) is 0 Å². The maximum absolute atomic E-state index is 13.2. The predicted molar refractivity (Wildman–Crippen MR) is 101 cm³/mol. The molecule has 148 valence electrons. The predicted octanol–water partition coefficient (Wildman–Crippen LogP) is 2.75. The molecule has 3 rings (SSSR count). The van der Waals surface area contributed by atoms with E-state index >= 15 is 0 Å². The number of amides is 1. The van der Waals surface area contributed by atoms with Crippen molar-refractivity contribution in [1.82, 2.24) is 5.32 Å². The van der Waals surface area contributed by atoms with E-state index in [4.69, 9.17) is 9.47 Å². The lowest BCUT2D eigenvalue weighted by Gasteiger charge is -2.31. The van der Waals surface area contributed by atoms with Crippen molar-refractivity contribution in [2.75, 3.05) is 26.9 Å². The van der Waals surface area contributed by atoms with Gasteiger partial charge in [0.25, 0.3) is 0 Å². The van der Waals surface area contributed by atoms with Crippen LogP contribution in [-0.4, -0.2) is 43.9 Å². The van der Waals surface area contributed by atoms with Crippen molar-refractivity contribution < 1.29 is 24.2 Å². The van der Waals surface area contributed by atoms with Crippen LogP contribution in [0, 0.1) is 11.8 Å². The van der Waals surface area contributed by atoms with Crippen LogP contribution in [0.15, 0.2) is 24.3 Å². The van der Waals surface area contributed by atoms with E-state index in [9.17, 15) is 14.7 Å². The molecular formula is C21H29NO5. The van der Waals surface area contributed by atoms with Crippen LogP contribution in [0.3, 0.4) is 0 Å². The topological polar surface area (TPSA) is 84.9 Å². The van der Waals surface area contributed by atoms with Gasteiger partial charge in [0.1, 0.15) is 5.75 Å². The Hall–Kier alpha value is -2.08. The fraction of sp³-hybridized carbons (Fsp3) is 0.619. The molecule has 1 atom stereocenters. The molecule has 1 heterocycles. The molecule has 0 aromatic heterocycles. The van der Waals surface area contributed by atoms with E-state index in [1.54, 1.807) is 7.11 Å². The van der Waals surface area contributed by atoms with Gasteiger partial charge in [0, 0.05) is 19.8 Å². The van der Waals surface area contributed by atoms with Gasteiger partial charge in [-0.1, -0.05) is 25.0 Å². The highest BCUT2D eigenvalue weighted by atomic mass is 16.5. The van der Waals surface area contributed by atoms with Gasteiger partial charge in [-0.25, -0.2) is 0 Å². The van der Waals surface area contributed by atoms with Gasteiger partial charge in [0.05, 0.1) is 18.4 Å². The second-order valence-electron chi connectivity index (χ2n) is 7.62. The minimum absolute atomic E-state index is 0.0523. The summed E-state index contributed by atoms with van der Waals surface area (Å²) in [6, 6.07) is 7.67. The Balaban J connectivity index is 1.71. The zero-order valence-electron chi connectivity index (χ0n) is 15.9. The van der Waals surface area contributed by atoms with Gasteiger partial charge in [0.15, 0.2) is 0 Å². The third-order valence-corrected chi connectivity index (χ3v) is 6.17. The highest BCUT2D eigenvalue weighted by molar-refractivity contribution is 5.89. The van der Waals surface area contributed by atoms with E-state index in [1.165, 1.54) is 0 Å². The molecule has 0 radical (unpaired) electrons. The zero-order valence-corrected chi connectivity index (χ0v) is 15.9. The monoisotopic (exact) mass is 375 g/mol. The number of carbonyl (C=O) groups is 2. The number of hydrogen-bond acceptors (Lipinski definition) is 4. The first-order valence-electron chi connectivity index (χ1n) is 9.80. The number of nitrogens with one attached hydrogen (secondary N) is 1. The molecule has 1 aromatic rings. The normalized spacial score (nSPS) is 20.8. The van der Waals surface area contributed by atoms with Gasteiger partial charge in [0.2, 0.25) is 5.91 Å².